The Kier molecular flexibility index (Phi) is 6.55. The number of rotatable bonds is 6. The molecule has 2 amide bonds. The molecule has 2 aromatic rings. The van der Waals surface area contributed by atoms with Crippen LogP contribution in [0.25, 0.3) is 0 Å². The van der Waals surface area contributed by atoms with Crippen molar-refractivity contribution < 1.29 is 35.9 Å². The van der Waals surface area contributed by atoms with E-state index in [1.807, 2.05) is 0 Å². The molecule has 0 heterocycles. The van der Waals surface area contributed by atoms with Gasteiger partial charge < -0.3 is 11.1 Å². The van der Waals surface area contributed by atoms with Crippen LogP contribution in [0.1, 0.15) is 22.3 Å². The fourth-order valence-electron chi connectivity index (χ4n) is 2.71. The van der Waals surface area contributed by atoms with Gasteiger partial charge in [0, 0.05) is 6.42 Å². The lowest BCUT2D eigenvalue weighted by Crippen LogP contribution is -2.46. The van der Waals surface area contributed by atoms with Gasteiger partial charge in [-0.25, -0.2) is 0 Å². The van der Waals surface area contributed by atoms with Crippen molar-refractivity contribution in [2.75, 3.05) is 0 Å². The number of benzene rings is 2. The molecule has 0 aliphatic rings. The third kappa shape index (κ3) is 6.23. The molecule has 2 aromatic carbocycles. The Bertz CT molecular complexity index is 893. The Labute approximate surface area is 161 Å². The van der Waals surface area contributed by atoms with Gasteiger partial charge in [0.1, 0.15) is 6.04 Å². The number of amides is 2. The van der Waals surface area contributed by atoms with Crippen molar-refractivity contribution in [3.63, 3.8) is 0 Å². The molecule has 0 aliphatic carbocycles. The number of hydrogen-bond acceptors (Lipinski definition) is 2. The maximum absolute atomic E-state index is 13.1. The van der Waals surface area contributed by atoms with Crippen LogP contribution in [0.2, 0.25) is 0 Å². The lowest BCUT2D eigenvalue weighted by molar-refractivity contribution is -0.139. The van der Waals surface area contributed by atoms with Crippen molar-refractivity contribution in [1.29, 1.82) is 0 Å². The number of carbonyl (C=O) groups excluding carboxylic acids is 2. The Morgan fingerprint density at radius 1 is 0.931 bits per heavy atom. The van der Waals surface area contributed by atoms with Gasteiger partial charge in [-0.2, -0.15) is 26.3 Å². The zero-order valence-corrected chi connectivity index (χ0v) is 14.8. The molecule has 3 N–H and O–H groups in total. The van der Waals surface area contributed by atoms with Gasteiger partial charge >= 0.3 is 12.4 Å². The average Bonchev–Trinajstić information content (AvgIpc) is 2.60. The van der Waals surface area contributed by atoms with E-state index in [1.165, 1.54) is 18.2 Å². The van der Waals surface area contributed by atoms with Crippen LogP contribution in [0.15, 0.2) is 48.5 Å². The summed E-state index contributed by atoms with van der Waals surface area (Å²) < 4.78 is 77.5. The van der Waals surface area contributed by atoms with E-state index in [0.29, 0.717) is 0 Å². The molecule has 0 saturated heterocycles. The van der Waals surface area contributed by atoms with Gasteiger partial charge in [-0.15, -0.1) is 0 Å². The molecule has 1 atom stereocenters. The predicted octanol–water partition coefficient (Wildman–Crippen LogP) is 3.48. The highest BCUT2D eigenvalue weighted by molar-refractivity contribution is 5.87. The molecule has 0 unspecified atom stereocenters. The molecule has 156 valence electrons. The fraction of sp³-hybridized carbons (Fsp3) is 0.263. The molecular weight excluding hydrogens is 402 g/mol. The smallest absolute Gasteiger partial charge is 0.368 e. The zero-order valence-electron chi connectivity index (χ0n) is 14.8. The predicted molar refractivity (Wildman–Crippen MR) is 91.4 cm³/mol. The molecule has 0 fully saturated rings. The number of halogens is 6. The van der Waals surface area contributed by atoms with Crippen LogP contribution in [0.4, 0.5) is 26.3 Å². The second-order valence-electron chi connectivity index (χ2n) is 6.26. The van der Waals surface area contributed by atoms with Gasteiger partial charge in [-0.1, -0.05) is 36.4 Å². The van der Waals surface area contributed by atoms with Crippen LogP contribution < -0.4 is 11.1 Å². The molecule has 0 aliphatic heterocycles. The molecule has 0 radical (unpaired) electrons. The first-order valence-corrected chi connectivity index (χ1v) is 8.28. The number of alkyl halides is 6. The third-order valence-electron chi connectivity index (χ3n) is 4.04. The lowest BCUT2D eigenvalue weighted by atomic mass is 9.99. The summed E-state index contributed by atoms with van der Waals surface area (Å²) in [7, 11) is 0. The minimum atomic E-state index is -4.67. The highest BCUT2D eigenvalue weighted by Gasteiger charge is 2.34. The van der Waals surface area contributed by atoms with Gasteiger partial charge in [0.2, 0.25) is 11.8 Å². The molecule has 0 spiro atoms. The molecule has 0 bridgehead atoms. The SMILES string of the molecule is NC(=O)[C@@H](Cc1ccccc1C(F)(F)F)NC(=O)Cc1cccc(C(F)(F)F)c1. The van der Waals surface area contributed by atoms with Crippen molar-refractivity contribution in [2.45, 2.75) is 31.2 Å². The summed E-state index contributed by atoms with van der Waals surface area (Å²) in [6.07, 6.45) is -10.3. The number of primary amides is 1. The molecule has 0 saturated carbocycles. The van der Waals surface area contributed by atoms with Gasteiger partial charge in [0.15, 0.2) is 0 Å². The van der Waals surface area contributed by atoms with E-state index in [4.69, 9.17) is 5.73 Å². The van der Waals surface area contributed by atoms with E-state index >= 15 is 0 Å². The first-order valence-electron chi connectivity index (χ1n) is 8.28. The Morgan fingerprint density at radius 3 is 2.17 bits per heavy atom. The maximum atomic E-state index is 13.1. The first-order chi connectivity index (χ1) is 13.4. The summed E-state index contributed by atoms with van der Waals surface area (Å²) in [5.74, 6) is -1.92. The normalized spacial score (nSPS) is 13.0. The van der Waals surface area contributed by atoms with E-state index < -0.39 is 54.2 Å². The van der Waals surface area contributed by atoms with Crippen molar-refractivity contribution >= 4 is 11.8 Å². The van der Waals surface area contributed by atoms with Crippen LogP contribution in [-0.4, -0.2) is 17.9 Å². The average molecular weight is 418 g/mol. The summed E-state index contributed by atoms with van der Waals surface area (Å²) in [5.41, 5.74) is 3.04. The summed E-state index contributed by atoms with van der Waals surface area (Å²) in [6, 6.07) is 7.06. The Hall–Kier alpha value is -3.04. The molecular formula is C19H16F6N2O2. The van der Waals surface area contributed by atoms with Gasteiger partial charge in [0.05, 0.1) is 17.5 Å². The number of carbonyl (C=O) groups is 2. The fourth-order valence-corrected chi connectivity index (χ4v) is 2.71. The maximum Gasteiger partial charge on any atom is 0.416 e. The van der Waals surface area contributed by atoms with Crippen molar-refractivity contribution in [1.82, 2.24) is 5.32 Å². The summed E-state index contributed by atoms with van der Waals surface area (Å²) in [4.78, 5) is 23.8. The lowest BCUT2D eigenvalue weighted by Gasteiger charge is -2.19. The Morgan fingerprint density at radius 2 is 1.59 bits per heavy atom. The minimum Gasteiger partial charge on any atom is -0.368 e. The van der Waals surface area contributed by atoms with E-state index in [-0.39, 0.29) is 11.1 Å². The third-order valence-corrected chi connectivity index (χ3v) is 4.04. The van der Waals surface area contributed by atoms with Crippen LogP contribution in [0.3, 0.4) is 0 Å². The van der Waals surface area contributed by atoms with E-state index in [0.717, 1.165) is 30.3 Å². The highest BCUT2D eigenvalue weighted by Crippen LogP contribution is 2.32. The molecule has 2 rings (SSSR count). The summed E-state index contributed by atoms with van der Waals surface area (Å²) >= 11 is 0. The van der Waals surface area contributed by atoms with Gasteiger partial charge in [0.25, 0.3) is 0 Å². The van der Waals surface area contributed by atoms with Crippen LogP contribution in [-0.2, 0) is 34.8 Å². The van der Waals surface area contributed by atoms with Crippen LogP contribution >= 0.6 is 0 Å². The quantitative estimate of drug-likeness (QED) is 0.706. The molecule has 29 heavy (non-hydrogen) atoms. The largest absolute Gasteiger partial charge is 0.416 e. The van der Waals surface area contributed by atoms with Crippen LogP contribution in [0.5, 0.6) is 0 Å². The summed E-state index contributed by atoms with van der Waals surface area (Å²) in [5, 5.41) is 2.19. The second kappa shape index (κ2) is 8.54. The standard InChI is InChI=1S/C19H16F6N2O2/c20-18(21,22)13-6-3-4-11(8-13)9-16(28)27-15(17(26)29)10-12-5-1-2-7-14(12)19(23,24)25/h1-8,15H,9-10H2,(H2,26,29)(H,27,28)/t15-/m1/s1. The van der Waals surface area contributed by atoms with Gasteiger partial charge in [-0.05, 0) is 23.3 Å². The highest BCUT2D eigenvalue weighted by atomic mass is 19.4. The number of nitrogens with two attached hydrogens (primary N) is 1. The van der Waals surface area contributed by atoms with E-state index in [2.05, 4.69) is 5.32 Å². The molecule has 10 heteroatoms. The number of nitrogens with one attached hydrogen (secondary N) is 1. The zero-order chi connectivity index (χ0) is 21.8. The summed E-state index contributed by atoms with van der Waals surface area (Å²) in [6.45, 7) is 0. The van der Waals surface area contributed by atoms with Crippen LogP contribution in [0, 0.1) is 0 Å². The van der Waals surface area contributed by atoms with Crippen molar-refractivity contribution in [3.05, 3.63) is 70.8 Å². The minimum absolute atomic E-state index is 0.0243. The van der Waals surface area contributed by atoms with E-state index in [9.17, 15) is 35.9 Å². The Balaban J connectivity index is 2.14. The first kappa shape index (κ1) is 22.3. The van der Waals surface area contributed by atoms with Crippen molar-refractivity contribution in [2.24, 2.45) is 5.73 Å². The number of hydrogen-bond donors (Lipinski definition) is 2. The van der Waals surface area contributed by atoms with E-state index in [1.54, 1.807) is 0 Å². The second-order valence-corrected chi connectivity index (χ2v) is 6.26. The molecule has 4 nitrogen and oxygen atoms in total. The molecule has 0 aromatic heterocycles. The topological polar surface area (TPSA) is 72.2 Å². The monoisotopic (exact) mass is 418 g/mol. The van der Waals surface area contributed by atoms with Gasteiger partial charge in [-0.3, -0.25) is 9.59 Å². The van der Waals surface area contributed by atoms with Crippen molar-refractivity contribution in [3.8, 4) is 0 Å².